The van der Waals surface area contributed by atoms with Gasteiger partial charge in [-0.1, -0.05) is 27.7 Å². The van der Waals surface area contributed by atoms with Gasteiger partial charge in [-0.3, -0.25) is 0 Å². The lowest BCUT2D eigenvalue weighted by Crippen LogP contribution is -2.33. The molecule has 0 aliphatic heterocycles. The molecular weight excluding hydrogens is 324 g/mol. The standard InChI is InChI=1S/C16H24BrF2N/c1-10(16(2,3)4)8-11(20-5)9-12-14(18)7-6-13(17)15(12)19/h6-7,10-11,20H,8-9H2,1-5H3. The van der Waals surface area contributed by atoms with E-state index in [0.717, 1.165) is 6.42 Å². The molecule has 114 valence electrons. The van der Waals surface area contributed by atoms with Crippen molar-refractivity contribution in [3.05, 3.63) is 33.8 Å². The first-order chi connectivity index (χ1) is 9.16. The molecule has 20 heavy (non-hydrogen) atoms. The summed E-state index contributed by atoms with van der Waals surface area (Å²) in [5.41, 5.74) is 0.337. The summed E-state index contributed by atoms with van der Waals surface area (Å²) in [5.74, 6) is -0.513. The Hall–Kier alpha value is -0.480. The molecule has 0 aromatic heterocycles. The molecule has 0 spiro atoms. The number of likely N-dealkylation sites (N-methyl/N-ethyl adjacent to an activating group) is 1. The molecule has 2 unspecified atom stereocenters. The van der Waals surface area contributed by atoms with Gasteiger partial charge in [0, 0.05) is 11.6 Å². The first kappa shape index (κ1) is 17.6. The van der Waals surface area contributed by atoms with Gasteiger partial charge < -0.3 is 5.32 Å². The van der Waals surface area contributed by atoms with E-state index in [4.69, 9.17) is 0 Å². The van der Waals surface area contributed by atoms with E-state index in [-0.39, 0.29) is 17.0 Å². The third-order valence-electron chi connectivity index (χ3n) is 4.11. The summed E-state index contributed by atoms with van der Waals surface area (Å²) in [4.78, 5) is 0. The van der Waals surface area contributed by atoms with Crippen molar-refractivity contribution in [1.82, 2.24) is 5.32 Å². The van der Waals surface area contributed by atoms with Crippen LogP contribution in [0.2, 0.25) is 0 Å². The van der Waals surface area contributed by atoms with Gasteiger partial charge in [-0.15, -0.1) is 0 Å². The van der Waals surface area contributed by atoms with Crippen LogP contribution in [0.15, 0.2) is 16.6 Å². The van der Waals surface area contributed by atoms with Crippen LogP contribution < -0.4 is 5.32 Å². The number of nitrogens with one attached hydrogen (secondary N) is 1. The van der Waals surface area contributed by atoms with Crippen LogP contribution in [0.25, 0.3) is 0 Å². The van der Waals surface area contributed by atoms with Crippen LogP contribution in [0.4, 0.5) is 8.78 Å². The lowest BCUT2D eigenvalue weighted by Gasteiger charge is -2.31. The zero-order valence-electron chi connectivity index (χ0n) is 12.9. The van der Waals surface area contributed by atoms with Crippen molar-refractivity contribution in [1.29, 1.82) is 0 Å². The fourth-order valence-electron chi connectivity index (χ4n) is 2.09. The van der Waals surface area contributed by atoms with Crippen LogP contribution in [0.3, 0.4) is 0 Å². The Balaban J connectivity index is 2.87. The van der Waals surface area contributed by atoms with Crippen molar-refractivity contribution in [2.24, 2.45) is 11.3 Å². The molecular formula is C16H24BrF2N. The predicted octanol–water partition coefficient (Wildman–Crippen LogP) is 4.93. The molecule has 0 saturated carbocycles. The molecule has 0 amide bonds. The van der Waals surface area contributed by atoms with Crippen LogP contribution in [0.5, 0.6) is 0 Å². The highest BCUT2D eigenvalue weighted by Crippen LogP contribution is 2.30. The molecule has 0 radical (unpaired) electrons. The van der Waals surface area contributed by atoms with Crippen molar-refractivity contribution < 1.29 is 8.78 Å². The molecule has 0 aliphatic carbocycles. The zero-order chi connectivity index (χ0) is 15.5. The molecule has 0 bridgehead atoms. The fourth-order valence-corrected chi connectivity index (χ4v) is 2.46. The minimum Gasteiger partial charge on any atom is -0.317 e. The van der Waals surface area contributed by atoms with E-state index in [2.05, 4.69) is 48.9 Å². The summed E-state index contributed by atoms with van der Waals surface area (Å²) in [6.45, 7) is 8.73. The Morgan fingerprint density at radius 2 is 1.85 bits per heavy atom. The van der Waals surface area contributed by atoms with Crippen LogP contribution >= 0.6 is 15.9 Å². The van der Waals surface area contributed by atoms with E-state index in [0.29, 0.717) is 16.8 Å². The van der Waals surface area contributed by atoms with Crippen molar-refractivity contribution in [2.75, 3.05) is 7.05 Å². The van der Waals surface area contributed by atoms with E-state index < -0.39 is 11.6 Å². The Bertz CT molecular complexity index is 455. The SMILES string of the molecule is CNC(Cc1c(F)ccc(Br)c1F)CC(C)C(C)(C)C. The van der Waals surface area contributed by atoms with Crippen molar-refractivity contribution >= 4 is 15.9 Å². The molecule has 2 atom stereocenters. The number of hydrogen-bond donors (Lipinski definition) is 1. The largest absolute Gasteiger partial charge is 0.317 e. The summed E-state index contributed by atoms with van der Waals surface area (Å²) in [5, 5.41) is 3.18. The van der Waals surface area contributed by atoms with Crippen LogP contribution in [0, 0.1) is 23.0 Å². The van der Waals surface area contributed by atoms with Gasteiger partial charge in [0.1, 0.15) is 11.6 Å². The third-order valence-corrected chi connectivity index (χ3v) is 4.73. The van der Waals surface area contributed by atoms with Gasteiger partial charge in [-0.25, -0.2) is 8.78 Å². The van der Waals surface area contributed by atoms with Gasteiger partial charge in [0.25, 0.3) is 0 Å². The van der Waals surface area contributed by atoms with Gasteiger partial charge in [-0.2, -0.15) is 0 Å². The highest BCUT2D eigenvalue weighted by Gasteiger charge is 2.24. The zero-order valence-corrected chi connectivity index (χ0v) is 14.4. The van der Waals surface area contributed by atoms with Crippen LogP contribution in [0.1, 0.15) is 39.7 Å². The van der Waals surface area contributed by atoms with Crippen LogP contribution in [-0.2, 0) is 6.42 Å². The highest BCUT2D eigenvalue weighted by molar-refractivity contribution is 9.10. The number of hydrogen-bond acceptors (Lipinski definition) is 1. The first-order valence-corrected chi connectivity index (χ1v) is 7.75. The molecule has 0 aliphatic rings. The number of rotatable bonds is 5. The Labute approximate surface area is 129 Å². The van der Waals surface area contributed by atoms with Gasteiger partial charge in [0.15, 0.2) is 0 Å². The lowest BCUT2D eigenvalue weighted by molar-refractivity contribution is 0.224. The second kappa shape index (κ2) is 6.99. The average Bonchev–Trinajstić information content (AvgIpc) is 2.36. The summed E-state index contributed by atoms with van der Waals surface area (Å²) in [6, 6.07) is 2.77. The lowest BCUT2D eigenvalue weighted by atomic mass is 9.78. The molecule has 0 heterocycles. The molecule has 1 rings (SSSR count). The monoisotopic (exact) mass is 347 g/mol. The summed E-state index contributed by atoms with van der Waals surface area (Å²) in [7, 11) is 1.84. The molecule has 0 saturated heterocycles. The highest BCUT2D eigenvalue weighted by atomic mass is 79.9. The van der Waals surface area contributed by atoms with Gasteiger partial charge in [-0.05, 0) is 59.3 Å². The number of halogens is 3. The Morgan fingerprint density at radius 1 is 1.25 bits per heavy atom. The maximum atomic E-state index is 14.0. The van der Waals surface area contributed by atoms with Crippen molar-refractivity contribution in [3.8, 4) is 0 Å². The van der Waals surface area contributed by atoms with Crippen molar-refractivity contribution in [3.63, 3.8) is 0 Å². The third kappa shape index (κ3) is 4.52. The maximum Gasteiger partial charge on any atom is 0.143 e. The second-order valence-electron chi connectivity index (χ2n) is 6.51. The van der Waals surface area contributed by atoms with E-state index in [9.17, 15) is 8.78 Å². The molecule has 0 fully saturated rings. The van der Waals surface area contributed by atoms with Gasteiger partial charge in [0.05, 0.1) is 4.47 Å². The topological polar surface area (TPSA) is 12.0 Å². The summed E-state index contributed by atoms with van der Waals surface area (Å²) >= 11 is 3.11. The average molecular weight is 348 g/mol. The first-order valence-electron chi connectivity index (χ1n) is 6.96. The van der Waals surface area contributed by atoms with Gasteiger partial charge in [0.2, 0.25) is 0 Å². The van der Waals surface area contributed by atoms with Crippen LogP contribution in [-0.4, -0.2) is 13.1 Å². The fraction of sp³-hybridized carbons (Fsp3) is 0.625. The van der Waals surface area contributed by atoms with E-state index in [1.807, 2.05) is 7.05 Å². The van der Waals surface area contributed by atoms with Crippen molar-refractivity contribution in [2.45, 2.75) is 46.6 Å². The van der Waals surface area contributed by atoms with E-state index >= 15 is 0 Å². The predicted molar refractivity (Wildman–Crippen MR) is 83.8 cm³/mol. The number of benzene rings is 1. The summed E-state index contributed by atoms with van der Waals surface area (Å²) in [6.07, 6.45) is 1.24. The smallest absolute Gasteiger partial charge is 0.143 e. The van der Waals surface area contributed by atoms with E-state index in [1.54, 1.807) is 0 Å². The molecule has 1 aromatic rings. The Kier molecular flexibility index (Phi) is 6.14. The maximum absolute atomic E-state index is 14.0. The van der Waals surface area contributed by atoms with Gasteiger partial charge >= 0.3 is 0 Å². The molecule has 4 heteroatoms. The second-order valence-corrected chi connectivity index (χ2v) is 7.37. The molecule has 1 N–H and O–H groups in total. The van der Waals surface area contributed by atoms with E-state index in [1.165, 1.54) is 12.1 Å². The minimum atomic E-state index is -0.492. The molecule has 1 nitrogen and oxygen atoms in total. The minimum absolute atomic E-state index is 0.0579. The Morgan fingerprint density at radius 3 is 2.35 bits per heavy atom. The summed E-state index contributed by atoms with van der Waals surface area (Å²) < 4.78 is 28.1. The normalized spacial score (nSPS) is 15.2. The molecule has 1 aromatic carbocycles. The quantitative estimate of drug-likeness (QED) is 0.744.